The summed E-state index contributed by atoms with van der Waals surface area (Å²) >= 11 is 1.80. The third-order valence-corrected chi connectivity index (χ3v) is 6.89. The molecule has 0 bridgehead atoms. The number of benzene rings is 1. The molecule has 2 N–H and O–H groups in total. The maximum atomic E-state index is 12.3. The highest BCUT2D eigenvalue weighted by Gasteiger charge is 2.37. The summed E-state index contributed by atoms with van der Waals surface area (Å²) in [6.45, 7) is 6.24. The molecule has 6 heteroatoms. The highest BCUT2D eigenvalue weighted by atomic mass is 32.1. The van der Waals surface area contributed by atoms with Crippen LogP contribution in [-0.4, -0.2) is 45.2 Å². The van der Waals surface area contributed by atoms with Crippen LogP contribution in [0.4, 0.5) is 5.69 Å². The Morgan fingerprint density at radius 1 is 1.21 bits per heavy atom. The van der Waals surface area contributed by atoms with Gasteiger partial charge >= 0.3 is 0 Å². The van der Waals surface area contributed by atoms with Gasteiger partial charge in [0.2, 0.25) is 5.91 Å². The number of nitrogens with zero attached hydrogens (tertiary/aromatic N) is 1. The second-order valence-electron chi connectivity index (χ2n) is 7.88. The summed E-state index contributed by atoms with van der Waals surface area (Å²) in [5.74, 6) is 1.43. The maximum Gasteiger partial charge on any atom is 0.223 e. The van der Waals surface area contributed by atoms with E-state index in [-0.39, 0.29) is 17.9 Å². The fraction of sp³-hybridized carbons (Fsp3) is 0.500. The van der Waals surface area contributed by atoms with Crippen LogP contribution in [0.5, 0.6) is 5.75 Å². The fourth-order valence-corrected chi connectivity index (χ4v) is 5.27. The summed E-state index contributed by atoms with van der Waals surface area (Å²) < 4.78 is 5.55. The van der Waals surface area contributed by atoms with Crippen LogP contribution in [0.25, 0.3) is 0 Å². The first kappa shape index (κ1) is 19.3. The number of hydrogen-bond acceptors (Lipinski definition) is 4. The number of piperazine rings is 1. The van der Waals surface area contributed by atoms with Gasteiger partial charge in [0.25, 0.3) is 0 Å². The number of ether oxygens (including phenoxy) is 1. The number of carbonyl (C=O) groups excluding carboxylic acids is 1. The van der Waals surface area contributed by atoms with Crippen molar-refractivity contribution in [2.24, 2.45) is 5.92 Å². The molecule has 2 heterocycles. The summed E-state index contributed by atoms with van der Waals surface area (Å²) in [4.78, 5) is 17.7. The molecule has 1 aromatic heterocycles. The average Bonchev–Trinajstić information content (AvgIpc) is 3.45. The predicted molar refractivity (Wildman–Crippen MR) is 113 cm³/mol. The fourth-order valence-electron chi connectivity index (χ4n) is 4.28. The van der Waals surface area contributed by atoms with Crippen molar-refractivity contribution in [3.63, 3.8) is 0 Å². The zero-order valence-corrected chi connectivity index (χ0v) is 17.5. The van der Waals surface area contributed by atoms with Crippen molar-refractivity contribution < 1.29 is 14.4 Å². The molecule has 2 aliphatic rings. The molecule has 0 spiro atoms. The minimum Gasteiger partial charge on any atom is -0.495 e. The first-order chi connectivity index (χ1) is 13.7. The Morgan fingerprint density at radius 3 is 2.61 bits per heavy atom. The van der Waals surface area contributed by atoms with Crippen molar-refractivity contribution in [3.05, 3.63) is 46.7 Å². The Hall–Kier alpha value is -2.05. The number of hydrogen-bond donors (Lipinski definition) is 2. The lowest BCUT2D eigenvalue weighted by molar-refractivity contribution is -0.933. The molecule has 2 fully saturated rings. The van der Waals surface area contributed by atoms with Crippen LogP contribution in [0.1, 0.15) is 30.7 Å². The van der Waals surface area contributed by atoms with E-state index >= 15 is 0 Å². The van der Waals surface area contributed by atoms with Gasteiger partial charge in [0.05, 0.1) is 49.9 Å². The molecule has 1 amide bonds. The van der Waals surface area contributed by atoms with Gasteiger partial charge in [-0.15, -0.1) is 11.3 Å². The van der Waals surface area contributed by atoms with Gasteiger partial charge in [-0.3, -0.25) is 4.79 Å². The SMILES string of the molecule is COc1ccccc1N1CC[NH+]([C@H](c2cccs2)[C@H](C)NC(=O)C2CC2)CC1. The van der Waals surface area contributed by atoms with Gasteiger partial charge in [0, 0.05) is 5.92 Å². The molecule has 4 rings (SSSR count). The predicted octanol–water partition coefficient (Wildman–Crippen LogP) is 2.12. The second kappa shape index (κ2) is 8.53. The van der Waals surface area contributed by atoms with E-state index in [1.54, 1.807) is 23.3 Å². The summed E-state index contributed by atoms with van der Waals surface area (Å²) in [5.41, 5.74) is 1.17. The lowest BCUT2D eigenvalue weighted by Crippen LogP contribution is -3.16. The van der Waals surface area contributed by atoms with Crippen LogP contribution >= 0.6 is 11.3 Å². The summed E-state index contributed by atoms with van der Waals surface area (Å²) in [6.07, 6.45) is 2.10. The number of rotatable bonds is 7. The molecule has 1 saturated heterocycles. The zero-order valence-electron chi connectivity index (χ0n) is 16.7. The van der Waals surface area contributed by atoms with Crippen LogP contribution in [0.15, 0.2) is 41.8 Å². The summed E-state index contributed by atoms with van der Waals surface area (Å²) in [5, 5.41) is 5.44. The van der Waals surface area contributed by atoms with E-state index in [0.717, 1.165) is 44.8 Å². The van der Waals surface area contributed by atoms with Gasteiger partial charge in [-0.25, -0.2) is 0 Å². The number of amides is 1. The lowest BCUT2D eigenvalue weighted by Gasteiger charge is -2.39. The van der Waals surface area contributed by atoms with Crippen LogP contribution in [0, 0.1) is 5.92 Å². The topological polar surface area (TPSA) is 46.0 Å². The molecule has 1 aliphatic carbocycles. The Labute approximate surface area is 171 Å². The van der Waals surface area contributed by atoms with Gasteiger partial charge in [-0.05, 0) is 43.3 Å². The molecule has 2 aromatic rings. The highest BCUT2D eigenvalue weighted by Crippen LogP contribution is 2.30. The van der Waals surface area contributed by atoms with Gasteiger partial charge in [0.15, 0.2) is 0 Å². The van der Waals surface area contributed by atoms with E-state index in [9.17, 15) is 4.79 Å². The number of nitrogens with one attached hydrogen (secondary N) is 2. The number of carbonyl (C=O) groups is 1. The normalized spacial score (nSPS) is 19.9. The van der Waals surface area contributed by atoms with E-state index in [2.05, 4.69) is 46.8 Å². The Kier molecular flexibility index (Phi) is 5.87. The Bertz CT molecular complexity index is 783. The van der Waals surface area contributed by atoms with E-state index in [1.165, 1.54) is 10.6 Å². The molecule has 1 aromatic carbocycles. The van der Waals surface area contributed by atoms with Crippen molar-refractivity contribution in [2.45, 2.75) is 31.8 Å². The Morgan fingerprint density at radius 2 is 1.96 bits per heavy atom. The molecule has 0 radical (unpaired) electrons. The molecule has 150 valence electrons. The zero-order chi connectivity index (χ0) is 19.5. The second-order valence-corrected chi connectivity index (χ2v) is 8.86. The van der Waals surface area contributed by atoms with E-state index in [0.29, 0.717) is 6.04 Å². The number of quaternary nitrogens is 1. The average molecular weight is 401 g/mol. The largest absolute Gasteiger partial charge is 0.495 e. The molecule has 1 saturated carbocycles. The van der Waals surface area contributed by atoms with Crippen LogP contribution in [0.2, 0.25) is 0 Å². The molecule has 2 atom stereocenters. The maximum absolute atomic E-state index is 12.3. The number of para-hydroxylation sites is 2. The van der Waals surface area contributed by atoms with Crippen molar-refractivity contribution in [2.75, 3.05) is 38.2 Å². The van der Waals surface area contributed by atoms with Gasteiger partial charge < -0.3 is 19.9 Å². The van der Waals surface area contributed by atoms with Crippen molar-refractivity contribution in [3.8, 4) is 5.75 Å². The Balaban J connectivity index is 1.45. The third kappa shape index (κ3) is 4.18. The molecular formula is C22H30N3O2S+. The van der Waals surface area contributed by atoms with Gasteiger partial charge in [0.1, 0.15) is 11.8 Å². The van der Waals surface area contributed by atoms with E-state index in [1.807, 2.05) is 12.1 Å². The first-order valence-corrected chi connectivity index (χ1v) is 11.1. The summed E-state index contributed by atoms with van der Waals surface area (Å²) in [7, 11) is 1.73. The minimum atomic E-state index is 0.138. The van der Waals surface area contributed by atoms with Crippen molar-refractivity contribution >= 4 is 22.9 Å². The summed E-state index contributed by atoms with van der Waals surface area (Å²) in [6, 6.07) is 13.0. The molecular weight excluding hydrogens is 370 g/mol. The van der Waals surface area contributed by atoms with Crippen LogP contribution < -0.4 is 19.9 Å². The monoisotopic (exact) mass is 400 g/mol. The number of methoxy groups -OCH3 is 1. The van der Waals surface area contributed by atoms with Crippen LogP contribution in [-0.2, 0) is 4.79 Å². The quantitative estimate of drug-likeness (QED) is 0.748. The molecule has 28 heavy (non-hydrogen) atoms. The van der Waals surface area contributed by atoms with Crippen LogP contribution in [0.3, 0.4) is 0 Å². The number of thiophene rings is 1. The van der Waals surface area contributed by atoms with Gasteiger partial charge in [-0.2, -0.15) is 0 Å². The lowest BCUT2D eigenvalue weighted by atomic mass is 10.0. The standard InChI is InChI=1S/C22H29N3O2S/c1-16(23-22(26)17-9-10-17)21(20-8-5-15-28-20)25-13-11-24(12-14-25)18-6-3-4-7-19(18)27-2/h3-8,15-17,21H,9-14H2,1-2H3,(H,23,26)/p+1/t16-,21-/m0/s1. The molecule has 5 nitrogen and oxygen atoms in total. The third-order valence-electron chi connectivity index (χ3n) is 5.94. The van der Waals surface area contributed by atoms with Crippen molar-refractivity contribution in [1.82, 2.24) is 5.32 Å². The number of anilines is 1. The van der Waals surface area contributed by atoms with E-state index in [4.69, 9.17) is 4.74 Å². The molecule has 0 unspecified atom stereocenters. The van der Waals surface area contributed by atoms with Gasteiger partial charge in [-0.1, -0.05) is 18.2 Å². The molecule has 1 aliphatic heterocycles. The smallest absolute Gasteiger partial charge is 0.223 e. The van der Waals surface area contributed by atoms with Crippen molar-refractivity contribution in [1.29, 1.82) is 0 Å². The minimum absolute atomic E-state index is 0.138. The highest BCUT2D eigenvalue weighted by molar-refractivity contribution is 7.10. The van der Waals surface area contributed by atoms with E-state index < -0.39 is 0 Å². The first-order valence-electron chi connectivity index (χ1n) is 10.2.